The van der Waals surface area contributed by atoms with Gasteiger partial charge in [0.05, 0.1) is 0 Å². The molecule has 6 nitrogen and oxygen atoms in total. The molecule has 0 spiro atoms. The predicted molar refractivity (Wildman–Crippen MR) is 514 cm³/mol. The van der Waals surface area contributed by atoms with E-state index in [4.69, 9.17) is 0 Å². The van der Waals surface area contributed by atoms with Crippen molar-refractivity contribution in [1.82, 2.24) is 0 Å². The van der Waals surface area contributed by atoms with Crippen molar-refractivity contribution in [2.24, 2.45) is 17.3 Å². The number of aryl methyl sites for hydroxylation is 8. The Kier molecular flexibility index (Phi) is 106. The molecule has 6 aromatic rings. The molecule has 1 fully saturated rings. The number of piperidine rings is 1. The second kappa shape index (κ2) is 90.7. The first-order valence-corrected chi connectivity index (χ1v) is 44.8. The Balaban J connectivity index is -0.000000118. The van der Waals surface area contributed by atoms with Gasteiger partial charge in [-0.1, -0.05) is 386 Å². The Morgan fingerprint density at radius 1 is 0.308 bits per heavy atom. The molecule has 0 amide bonds. The van der Waals surface area contributed by atoms with E-state index in [1.54, 1.807) is 0 Å². The van der Waals surface area contributed by atoms with Crippen molar-refractivity contribution in [3.8, 4) is 0 Å². The summed E-state index contributed by atoms with van der Waals surface area (Å²) in [6, 6.07) is 48.7. The molecular formula is C101H194N6. The van der Waals surface area contributed by atoms with Gasteiger partial charge in [0, 0.05) is 116 Å². The Bertz CT molecular complexity index is 2560. The van der Waals surface area contributed by atoms with E-state index in [0.29, 0.717) is 17.3 Å². The van der Waals surface area contributed by atoms with Crippen LogP contribution in [0.25, 0.3) is 0 Å². The topological polar surface area (TPSA) is 19.4 Å². The zero-order valence-electron chi connectivity index (χ0n) is 81.4. The molecule has 0 N–H and O–H groups in total. The van der Waals surface area contributed by atoms with Crippen LogP contribution in [0.4, 0.5) is 34.1 Å². The van der Waals surface area contributed by atoms with Gasteiger partial charge in [-0.25, -0.2) is 0 Å². The van der Waals surface area contributed by atoms with Crippen LogP contribution in [0.1, 0.15) is 334 Å². The van der Waals surface area contributed by atoms with Gasteiger partial charge in [0.1, 0.15) is 0 Å². The fourth-order valence-electron chi connectivity index (χ4n) is 11.9. The van der Waals surface area contributed by atoms with Gasteiger partial charge in [0.25, 0.3) is 0 Å². The molecule has 6 heteroatoms. The summed E-state index contributed by atoms with van der Waals surface area (Å²) in [6.07, 6.45) is 11.2. The summed E-state index contributed by atoms with van der Waals surface area (Å²) >= 11 is 0. The van der Waals surface area contributed by atoms with Crippen LogP contribution in [0.15, 0.2) is 133 Å². The third-order valence-corrected chi connectivity index (χ3v) is 17.0. The van der Waals surface area contributed by atoms with Crippen LogP contribution in [0.3, 0.4) is 0 Å². The Morgan fingerprint density at radius 3 is 0.888 bits per heavy atom. The number of anilines is 6. The van der Waals surface area contributed by atoms with Crippen LogP contribution in [0, 0.1) is 17.3 Å². The molecule has 6 aromatic carbocycles. The van der Waals surface area contributed by atoms with E-state index in [1.165, 1.54) is 91.5 Å². The van der Waals surface area contributed by atoms with Crippen LogP contribution in [-0.2, 0) is 51.4 Å². The molecule has 7 rings (SSSR count). The van der Waals surface area contributed by atoms with Gasteiger partial charge in [0.15, 0.2) is 0 Å². The van der Waals surface area contributed by atoms with Crippen LogP contribution in [0.2, 0.25) is 0 Å². The third-order valence-electron chi connectivity index (χ3n) is 17.0. The summed E-state index contributed by atoms with van der Waals surface area (Å²) in [5.74, 6) is 1.28. The minimum Gasteiger partial charge on any atom is -0.377 e. The quantitative estimate of drug-likeness (QED) is 0.0670. The largest absolute Gasteiger partial charge is 0.377 e. The molecule has 628 valence electrons. The number of rotatable bonds is 22. The summed E-state index contributed by atoms with van der Waals surface area (Å²) in [4.78, 5) is 14.6. The zero-order chi connectivity index (χ0) is 86.1. The van der Waals surface area contributed by atoms with Gasteiger partial charge in [-0.3, -0.25) is 0 Å². The molecule has 0 aliphatic carbocycles. The van der Waals surface area contributed by atoms with Crippen LogP contribution < -0.4 is 29.4 Å². The Hall–Kier alpha value is -5.88. The van der Waals surface area contributed by atoms with Gasteiger partial charge in [-0.15, -0.1) is 0 Å². The van der Waals surface area contributed by atoms with Crippen molar-refractivity contribution in [3.63, 3.8) is 0 Å². The van der Waals surface area contributed by atoms with E-state index in [0.717, 1.165) is 90.6 Å². The summed E-state index contributed by atoms with van der Waals surface area (Å²) in [6.45, 7) is 90.2. The molecule has 1 heterocycles. The summed E-state index contributed by atoms with van der Waals surface area (Å²) in [5, 5.41) is 0. The lowest BCUT2D eigenvalue weighted by atomic mass is 9.66. The van der Waals surface area contributed by atoms with E-state index >= 15 is 0 Å². The van der Waals surface area contributed by atoms with Gasteiger partial charge in [-0.2, -0.15) is 0 Å². The predicted octanol–water partition coefficient (Wildman–Crippen LogP) is 31.7. The second-order valence-electron chi connectivity index (χ2n) is 22.9. The third kappa shape index (κ3) is 49.8. The molecule has 0 bridgehead atoms. The lowest BCUT2D eigenvalue weighted by molar-refractivity contribution is 0.107. The zero-order valence-corrected chi connectivity index (χ0v) is 81.4. The van der Waals surface area contributed by atoms with E-state index in [2.05, 4.69) is 288 Å². The van der Waals surface area contributed by atoms with Gasteiger partial charge >= 0.3 is 0 Å². The first kappa shape index (κ1) is 125. The molecule has 0 aromatic heterocycles. The highest BCUT2D eigenvalue weighted by molar-refractivity contribution is 5.61. The maximum absolute atomic E-state index is 2.65. The minimum atomic E-state index is 0.326. The number of hydrogen-bond acceptors (Lipinski definition) is 6. The first-order valence-electron chi connectivity index (χ1n) is 44.8. The molecule has 107 heavy (non-hydrogen) atoms. The summed E-state index contributed by atoms with van der Waals surface area (Å²) in [5.41, 5.74) is 20.4. The highest BCUT2D eigenvalue weighted by atomic mass is 15.2. The van der Waals surface area contributed by atoms with Crippen molar-refractivity contribution in [3.05, 3.63) is 178 Å². The Labute approximate surface area is 677 Å². The van der Waals surface area contributed by atoms with Gasteiger partial charge < -0.3 is 29.4 Å². The molecule has 0 radical (unpaired) electrons. The molecule has 1 saturated heterocycles. The normalized spacial score (nSPS) is 11.4. The maximum Gasteiger partial charge on any atom is 0.0425 e. The van der Waals surface area contributed by atoms with Gasteiger partial charge in [-0.05, 0) is 150 Å². The average molecular weight is 1490 g/mol. The van der Waals surface area contributed by atoms with E-state index in [9.17, 15) is 0 Å². The average Bonchev–Trinajstić information content (AvgIpc) is 0.778. The second-order valence-corrected chi connectivity index (χ2v) is 22.9. The number of benzene rings is 6. The number of hydrogen-bond donors (Lipinski definition) is 0. The standard InChI is InChI=1S/C26H38N2.C23H34N2.2C12H19N.14C2H6/c1-7-21-13-9-11-15-24(21)27(6)18-23-19-28(17-20(3)26(23,4)5)25-16-12-10-14-22(25)8-2;1-5-17-25(23-16-11-9-14-21(23)7-3)19-12-18-24(4)22-15-10-8-13-20(22)6-2;2*1-5-10-8-7-9-11(6-2)12(10)13(3)4;14*1-2/h9-16,20,23H,7-8,17-19H2,1-6H3;8-11,13-16H,5-7,12,17-19H2,1-4H3;2*7-9H,5-6H2,1-4H3;14*1-2H3. The summed E-state index contributed by atoms with van der Waals surface area (Å²) < 4.78 is 0. The van der Waals surface area contributed by atoms with Crippen LogP contribution in [0.5, 0.6) is 0 Å². The molecule has 2 atom stereocenters. The van der Waals surface area contributed by atoms with E-state index in [1.807, 2.05) is 194 Å². The minimum absolute atomic E-state index is 0.326. The number of nitrogens with zero attached hydrogens (tertiary/aromatic N) is 6. The molecular weight excluding hydrogens is 1300 g/mol. The lowest BCUT2D eigenvalue weighted by Gasteiger charge is -2.50. The molecule has 1 aliphatic heterocycles. The van der Waals surface area contributed by atoms with Crippen molar-refractivity contribution < 1.29 is 0 Å². The molecule has 0 saturated carbocycles. The van der Waals surface area contributed by atoms with Crippen molar-refractivity contribution in [2.75, 3.05) is 111 Å². The number of para-hydroxylation sites is 6. The highest BCUT2D eigenvalue weighted by Crippen LogP contribution is 2.43. The van der Waals surface area contributed by atoms with Crippen molar-refractivity contribution in [1.29, 1.82) is 0 Å². The summed E-state index contributed by atoms with van der Waals surface area (Å²) in [7, 11) is 13.0. The fourth-order valence-corrected chi connectivity index (χ4v) is 11.9. The van der Waals surface area contributed by atoms with E-state index in [-0.39, 0.29) is 0 Å². The van der Waals surface area contributed by atoms with Crippen molar-refractivity contribution in [2.45, 2.75) is 341 Å². The fraction of sp³-hybridized carbons (Fsp3) is 0.644. The monoisotopic (exact) mass is 1490 g/mol. The SMILES string of the molecule is CC.CC.CC.CC.CC.CC.CC.CC.CC.CC.CC.CC.CC.CC.CCCN(CCCN(C)c1ccccc1CC)c1ccccc1CC.CCc1cccc(CC)c1N(C)C.CCc1cccc(CC)c1N(C)C.CCc1ccccc1N(C)CC1CN(c2ccccc2CC)CC(C)C1(C)C. The van der Waals surface area contributed by atoms with Crippen LogP contribution in [-0.4, -0.2) is 81.6 Å². The first-order chi connectivity index (χ1) is 52.0. The lowest BCUT2D eigenvalue weighted by Crippen LogP contribution is -2.53. The smallest absolute Gasteiger partial charge is 0.0425 e. The maximum atomic E-state index is 2.65. The van der Waals surface area contributed by atoms with Crippen LogP contribution >= 0.6 is 0 Å². The van der Waals surface area contributed by atoms with E-state index < -0.39 is 0 Å². The Morgan fingerprint density at radius 2 is 0.579 bits per heavy atom. The highest BCUT2D eigenvalue weighted by Gasteiger charge is 2.41. The van der Waals surface area contributed by atoms with Crippen molar-refractivity contribution >= 4 is 34.1 Å². The molecule has 2 unspecified atom stereocenters. The van der Waals surface area contributed by atoms with Gasteiger partial charge in [0.2, 0.25) is 0 Å². The molecule has 1 aliphatic rings.